The zero-order valence-electron chi connectivity index (χ0n) is 16.4. The van der Waals surface area contributed by atoms with Crippen molar-refractivity contribution in [2.24, 2.45) is 0 Å². The van der Waals surface area contributed by atoms with E-state index in [0.717, 1.165) is 33.3 Å². The van der Waals surface area contributed by atoms with Crippen LogP contribution in [0.25, 0.3) is 17.0 Å². The van der Waals surface area contributed by atoms with Crippen LogP contribution in [-0.2, 0) is 22.7 Å². The molecule has 0 aliphatic carbocycles. The van der Waals surface area contributed by atoms with E-state index < -0.39 is 5.97 Å². The third-order valence-electron chi connectivity index (χ3n) is 4.63. The SMILES string of the molecule is O=C(/C=C/c1ccc(OCc2ccccc2)cc1)OCc1cccc2cccnc12. The quantitative estimate of drug-likeness (QED) is 0.303. The predicted molar refractivity (Wildman–Crippen MR) is 118 cm³/mol. The van der Waals surface area contributed by atoms with Crippen LogP contribution in [0.15, 0.2) is 97.2 Å². The summed E-state index contributed by atoms with van der Waals surface area (Å²) in [6.45, 7) is 0.704. The number of para-hydroxylation sites is 1. The summed E-state index contributed by atoms with van der Waals surface area (Å²) in [5, 5.41) is 1.02. The Bertz CT molecular complexity index is 1150. The first-order chi connectivity index (χ1) is 14.8. The van der Waals surface area contributed by atoms with Gasteiger partial charge in [0, 0.05) is 23.2 Å². The van der Waals surface area contributed by atoms with Gasteiger partial charge in [-0.15, -0.1) is 0 Å². The number of pyridine rings is 1. The van der Waals surface area contributed by atoms with Crippen molar-refractivity contribution < 1.29 is 14.3 Å². The highest BCUT2D eigenvalue weighted by molar-refractivity contribution is 5.87. The minimum absolute atomic E-state index is 0.184. The molecule has 4 aromatic rings. The lowest BCUT2D eigenvalue weighted by Gasteiger charge is -2.06. The van der Waals surface area contributed by atoms with Crippen LogP contribution in [0.1, 0.15) is 16.7 Å². The molecule has 0 bridgehead atoms. The van der Waals surface area contributed by atoms with Crippen LogP contribution in [-0.4, -0.2) is 11.0 Å². The predicted octanol–water partition coefficient (Wildman–Crippen LogP) is 5.57. The number of nitrogens with zero attached hydrogens (tertiary/aromatic N) is 1. The fraction of sp³-hybridized carbons (Fsp3) is 0.0769. The van der Waals surface area contributed by atoms with Gasteiger partial charge in [0.2, 0.25) is 0 Å². The Labute approximate surface area is 175 Å². The number of hydrogen-bond acceptors (Lipinski definition) is 4. The number of aromatic nitrogens is 1. The highest BCUT2D eigenvalue weighted by Gasteiger charge is 2.04. The lowest BCUT2D eigenvalue weighted by molar-refractivity contribution is -0.138. The van der Waals surface area contributed by atoms with Gasteiger partial charge in [-0.1, -0.05) is 66.7 Å². The van der Waals surface area contributed by atoms with Gasteiger partial charge >= 0.3 is 5.97 Å². The Morgan fingerprint density at radius 1 is 0.833 bits per heavy atom. The lowest BCUT2D eigenvalue weighted by Crippen LogP contribution is -2.01. The molecule has 0 atom stereocenters. The van der Waals surface area contributed by atoms with Crippen molar-refractivity contribution in [2.45, 2.75) is 13.2 Å². The van der Waals surface area contributed by atoms with E-state index in [0.29, 0.717) is 6.61 Å². The average Bonchev–Trinajstić information content (AvgIpc) is 2.81. The zero-order valence-corrected chi connectivity index (χ0v) is 16.4. The maximum absolute atomic E-state index is 12.1. The molecule has 0 saturated carbocycles. The molecule has 4 heteroatoms. The van der Waals surface area contributed by atoms with Gasteiger partial charge < -0.3 is 9.47 Å². The first-order valence-electron chi connectivity index (χ1n) is 9.72. The third kappa shape index (κ3) is 5.11. The molecular formula is C26H21NO3. The van der Waals surface area contributed by atoms with Crippen molar-refractivity contribution in [3.8, 4) is 5.75 Å². The number of benzene rings is 3. The number of carbonyl (C=O) groups excluding carboxylic acids is 1. The number of esters is 1. The van der Waals surface area contributed by atoms with Crippen molar-refractivity contribution in [3.05, 3.63) is 114 Å². The van der Waals surface area contributed by atoms with E-state index in [1.807, 2.05) is 84.9 Å². The summed E-state index contributed by atoms with van der Waals surface area (Å²) in [7, 11) is 0. The van der Waals surface area contributed by atoms with Gasteiger partial charge in [0.25, 0.3) is 0 Å². The minimum Gasteiger partial charge on any atom is -0.489 e. The summed E-state index contributed by atoms with van der Waals surface area (Å²) >= 11 is 0. The summed E-state index contributed by atoms with van der Waals surface area (Å²) in [5.74, 6) is 0.384. The maximum Gasteiger partial charge on any atom is 0.331 e. The van der Waals surface area contributed by atoms with Crippen molar-refractivity contribution >= 4 is 22.9 Å². The monoisotopic (exact) mass is 395 g/mol. The van der Waals surface area contributed by atoms with Gasteiger partial charge in [0.05, 0.1) is 5.52 Å². The normalized spacial score (nSPS) is 10.9. The number of hydrogen-bond donors (Lipinski definition) is 0. The molecule has 0 amide bonds. The topological polar surface area (TPSA) is 48.4 Å². The molecule has 0 N–H and O–H groups in total. The van der Waals surface area contributed by atoms with Crippen LogP contribution < -0.4 is 4.74 Å². The fourth-order valence-corrected chi connectivity index (χ4v) is 3.06. The molecule has 0 radical (unpaired) electrons. The van der Waals surface area contributed by atoms with Gasteiger partial charge in [0.1, 0.15) is 19.0 Å². The van der Waals surface area contributed by atoms with Crippen LogP contribution in [0.3, 0.4) is 0 Å². The molecule has 148 valence electrons. The molecule has 0 aliphatic heterocycles. The van der Waals surface area contributed by atoms with Gasteiger partial charge in [-0.25, -0.2) is 4.79 Å². The van der Waals surface area contributed by atoms with Gasteiger partial charge in [-0.3, -0.25) is 4.98 Å². The molecule has 0 fully saturated rings. The maximum atomic E-state index is 12.1. The van der Waals surface area contributed by atoms with Crippen LogP contribution >= 0.6 is 0 Å². The highest BCUT2D eigenvalue weighted by Crippen LogP contribution is 2.17. The number of rotatable bonds is 7. The Morgan fingerprint density at radius 3 is 2.47 bits per heavy atom. The van der Waals surface area contributed by atoms with Crippen LogP contribution in [0, 0.1) is 0 Å². The van der Waals surface area contributed by atoms with Gasteiger partial charge in [0.15, 0.2) is 0 Å². The smallest absolute Gasteiger partial charge is 0.331 e. The Morgan fingerprint density at radius 2 is 1.63 bits per heavy atom. The number of fused-ring (bicyclic) bond motifs is 1. The lowest BCUT2D eigenvalue weighted by atomic mass is 10.1. The first-order valence-corrected chi connectivity index (χ1v) is 9.72. The second-order valence-electron chi connectivity index (χ2n) is 6.78. The van der Waals surface area contributed by atoms with E-state index in [2.05, 4.69) is 4.98 Å². The molecule has 0 unspecified atom stereocenters. The molecular weight excluding hydrogens is 374 g/mol. The highest BCUT2D eigenvalue weighted by atomic mass is 16.5. The summed E-state index contributed by atoms with van der Waals surface area (Å²) in [6.07, 6.45) is 4.89. The Hall–Kier alpha value is -3.92. The van der Waals surface area contributed by atoms with Crippen LogP contribution in [0.4, 0.5) is 0 Å². The molecule has 1 heterocycles. The van der Waals surface area contributed by atoms with Gasteiger partial charge in [-0.2, -0.15) is 0 Å². The number of carbonyl (C=O) groups is 1. The van der Waals surface area contributed by atoms with E-state index in [-0.39, 0.29) is 6.61 Å². The van der Waals surface area contributed by atoms with Crippen molar-refractivity contribution in [2.75, 3.05) is 0 Å². The summed E-state index contributed by atoms with van der Waals surface area (Å²) in [5.41, 5.74) is 3.74. The number of ether oxygens (including phenoxy) is 2. The second-order valence-corrected chi connectivity index (χ2v) is 6.78. The molecule has 30 heavy (non-hydrogen) atoms. The average molecular weight is 395 g/mol. The van der Waals surface area contributed by atoms with E-state index in [9.17, 15) is 4.79 Å². The Kier molecular flexibility index (Phi) is 6.16. The summed E-state index contributed by atoms with van der Waals surface area (Å²) in [6, 6.07) is 27.3. The molecule has 0 aliphatic rings. The van der Waals surface area contributed by atoms with Gasteiger partial charge in [-0.05, 0) is 35.4 Å². The molecule has 3 aromatic carbocycles. The van der Waals surface area contributed by atoms with E-state index in [1.54, 1.807) is 12.3 Å². The van der Waals surface area contributed by atoms with E-state index in [4.69, 9.17) is 9.47 Å². The fourth-order valence-electron chi connectivity index (χ4n) is 3.06. The molecule has 0 spiro atoms. The van der Waals surface area contributed by atoms with E-state index >= 15 is 0 Å². The first kappa shape index (κ1) is 19.4. The standard InChI is InChI=1S/C26H21NO3/c28-25(30-19-23-9-4-8-22-10-5-17-27-26(22)23)16-13-20-11-14-24(15-12-20)29-18-21-6-2-1-3-7-21/h1-17H,18-19H2/b16-13+. The molecule has 1 aromatic heterocycles. The Balaban J connectivity index is 1.30. The minimum atomic E-state index is -0.396. The van der Waals surface area contributed by atoms with Crippen molar-refractivity contribution in [1.29, 1.82) is 0 Å². The van der Waals surface area contributed by atoms with Crippen molar-refractivity contribution in [1.82, 2.24) is 4.98 Å². The van der Waals surface area contributed by atoms with E-state index in [1.165, 1.54) is 6.08 Å². The van der Waals surface area contributed by atoms with Crippen LogP contribution in [0.5, 0.6) is 5.75 Å². The second kappa shape index (κ2) is 9.52. The molecule has 0 saturated heterocycles. The summed E-state index contributed by atoms with van der Waals surface area (Å²) < 4.78 is 11.2. The van der Waals surface area contributed by atoms with Crippen molar-refractivity contribution in [3.63, 3.8) is 0 Å². The molecule has 4 nitrogen and oxygen atoms in total. The third-order valence-corrected chi connectivity index (χ3v) is 4.63. The molecule has 4 rings (SSSR count). The summed E-state index contributed by atoms with van der Waals surface area (Å²) in [4.78, 5) is 16.5. The zero-order chi connectivity index (χ0) is 20.6. The van der Waals surface area contributed by atoms with Crippen LogP contribution in [0.2, 0.25) is 0 Å². The largest absolute Gasteiger partial charge is 0.489 e.